The van der Waals surface area contributed by atoms with Crippen LogP contribution in [0.4, 0.5) is 0 Å². The van der Waals surface area contributed by atoms with E-state index in [0.29, 0.717) is 6.54 Å². The first-order valence-electron chi connectivity index (χ1n) is 8.85. The van der Waals surface area contributed by atoms with Gasteiger partial charge in [0, 0.05) is 30.7 Å². The Morgan fingerprint density at radius 3 is 1.89 bits per heavy atom. The van der Waals surface area contributed by atoms with Gasteiger partial charge in [0.1, 0.15) is 0 Å². The molecule has 0 aliphatic carbocycles. The van der Waals surface area contributed by atoms with Gasteiger partial charge >= 0.3 is 0 Å². The average molecular weight is 517 g/mol. The van der Waals surface area contributed by atoms with Gasteiger partial charge in [-0.25, -0.2) is 0 Å². The zero-order valence-electron chi connectivity index (χ0n) is 15.2. The monoisotopic (exact) mass is 514 g/mol. The topological polar surface area (TPSA) is 17.8 Å². The van der Waals surface area contributed by atoms with Crippen LogP contribution in [0.1, 0.15) is 11.1 Å². The van der Waals surface area contributed by atoms with Crippen molar-refractivity contribution < 1.29 is 0 Å². The van der Waals surface area contributed by atoms with Crippen molar-refractivity contribution in [1.29, 1.82) is 0 Å². The van der Waals surface area contributed by atoms with Crippen LogP contribution in [0.2, 0.25) is 5.02 Å². The molecule has 0 amide bonds. The van der Waals surface area contributed by atoms with Crippen molar-refractivity contribution in [3.05, 3.63) is 97.9 Å². The van der Waals surface area contributed by atoms with Crippen LogP contribution in [0.15, 0.2) is 81.7 Å². The first-order chi connectivity index (χ1) is 13.5. The van der Waals surface area contributed by atoms with Crippen LogP contribution in [0, 0.1) is 6.92 Å². The molecular weight excluding hydrogens is 500 g/mol. The van der Waals surface area contributed by atoms with Gasteiger partial charge in [-0.2, -0.15) is 5.10 Å². The van der Waals surface area contributed by atoms with Crippen LogP contribution in [-0.2, 0) is 6.54 Å². The molecule has 0 atom stereocenters. The summed E-state index contributed by atoms with van der Waals surface area (Å²) in [6, 6.07) is 24.6. The Labute approximate surface area is 186 Å². The first-order valence-corrected chi connectivity index (χ1v) is 10.8. The van der Waals surface area contributed by atoms with E-state index in [4.69, 9.17) is 16.7 Å². The van der Waals surface area contributed by atoms with Crippen molar-refractivity contribution in [2.75, 3.05) is 0 Å². The summed E-state index contributed by atoms with van der Waals surface area (Å²) >= 11 is 13.1. The van der Waals surface area contributed by atoms with Gasteiger partial charge in [0.2, 0.25) is 0 Å². The Hall–Kier alpha value is -1.88. The number of hydrogen-bond acceptors (Lipinski definition) is 1. The van der Waals surface area contributed by atoms with Gasteiger partial charge in [-0.15, -0.1) is 0 Å². The molecule has 28 heavy (non-hydrogen) atoms. The van der Waals surface area contributed by atoms with E-state index in [9.17, 15) is 0 Å². The molecule has 0 aliphatic heterocycles. The number of nitrogens with zero attached hydrogens (tertiary/aromatic N) is 2. The summed E-state index contributed by atoms with van der Waals surface area (Å²) in [6.07, 6.45) is 0. The van der Waals surface area contributed by atoms with Crippen molar-refractivity contribution in [3.8, 4) is 22.5 Å². The lowest BCUT2D eigenvalue weighted by molar-refractivity contribution is 0.696. The summed E-state index contributed by atoms with van der Waals surface area (Å²) in [6.45, 7) is 2.82. The SMILES string of the molecule is Cc1c(-c2ccc(Br)cc2)nn(Cc2ccc(Cl)cc2)c1-c1ccc(Br)cc1. The Morgan fingerprint density at radius 1 is 0.786 bits per heavy atom. The van der Waals surface area contributed by atoms with Gasteiger partial charge in [0.25, 0.3) is 0 Å². The fraction of sp³-hybridized carbons (Fsp3) is 0.0870. The molecule has 0 unspecified atom stereocenters. The van der Waals surface area contributed by atoms with Gasteiger partial charge in [0.15, 0.2) is 0 Å². The van der Waals surface area contributed by atoms with Crippen molar-refractivity contribution in [3.63, 3.8) is 0 Å². The van der Waals surface area contributed by atoms with Gasteiger partial charge < -0.3 is 0 Å². The average Bonchev–Trinajstić information content (AvgIpc) is 3.01. The van der Waals surface area contributed by atoms with Crippen LogP contribution in [0.3, 0.4) is 0 Å². The molecule has 0 saturated carbocycles. The van der Waals surface area contributed by atoms with E-state index in [0.717, 1.165) is 42.0 Å². The molecule has 0 bridgehead atoms. The predicted octanol–water partition coefficient (Wildman–Crippen LogP) is 7.75. The lowest BCUT2D eigenvalue weighted by Crippen LogP contribution is -2.04. The third kappa shape index (κ3) is 4.09. The number of rotatable bonds is 4. The third-order valence-corrected chi connectivity index (χ3v) is 5.98. The highest BCUT2D eigenvalue weighted by Gasteiger charge is 2.17. The second-order valence-electron chi connectivity index (χ2n) is 6.62. The van der Waals surface area contributed by atoms with E-state index in [1.807, 2.05) is 36.4 Å². The second-order valence-corrected chi connectivity index (χ2v) is 8.89. The minimum absolute atomic E-state index is 0.680. The standard InChI is InChI=1S/C23H17Br2ClN2/c1-15-22(17-4-8-19(24)9-5-17)27-28(14-16-2-12-21(26)13-3-16)23(15)18-6-10-20(25)11-7-18/h2-13H,14H2,1H3. The lowest BCUT2D eigenvalue weighted by atomic mass is 10.0. The molecule has 1 aromatic heterocycles. The Balaban J connectivity index is 1.84. The molecule has 2 nitrogen and oxygen atoms in total. The van der Waals surface area contributed by atoms with E-state index in [2.05, 4.69) is 79.9 Å². The molecule has 1 heterocycles. The van der Waals surface area contributed by atoms with E-state index in [1.54, 1.807) is 0 Å². The fourth-order valence-corrected chi connectivity index (χ4v) is 3.94. The molecular formula is C23H17Br2ClN2. The van der Waals surface area contributed by atoms with E-state index < -0.39 is 0 Å². The maximum Gasteiger partial charge on any atom is 0.0959 e. The van der Waals surface area contributed by atoms with E-state index in [-0.39, 0.29) is 0 Å². The summed E-state index contributed by atoms with van der Waals surface area (Å²) in [5.41, 5.74) is 6.70. The number of halogens is 3. The summed E-state index contributed by atoms with van der Waals surface area (Å²) in [5.74, 6) is 0. The molecule has 4 rings (SSSR count). The van der Waals surface area contributed by atoms with E-state index in [1.165, 1.54) is 5.56 Å². The molecule has 0 N–H and O–H groups in total. The molecule has 5 heteroatoms. The minimum atomic E-state index is 0.680. The molecule has 4 aromatic rings. The normalized spacial score (nSPS) is 11.0. The quantitative estimate of drug-likeness (QED) is 0.271. The Kier molecular flexibility index (Phi) is 5.72. The molecule has 0 aliphatic rings. The molecule has 0 spiro atoms. The van der Waals surface area contributed by atoms with Gasteiger partial charge in [-0.05, 0) is 48.9 Å². The molecule has 0 radical (unpaired) electrons. The number of benzene rings is 3. The van der Waals surface area contributed by atoms with Crippen molar-refractivity contribution in [2.24, 2.45) is 0 Å². The lowest BCUT2D eigenvalue weighted by Gasteiger charge is -2.09. The number of hydrogen-bond donors (Lipinski definition) is 0. The number of aromatic nitrogens is 2. The van der Waals surface area contributed by atoms with E-state index >= 15 is 0 Å². The fourth-order valence-electron chi connectivity index (χ4n) is 3.28. The minimum Gasteiger partial charge on any atom is -0.260 e. The van der Waals surface area contributed by atoms with Crippen molar-refractivity contribution >= 4 is 43.5 Å². The summed E-state index contributed by atoms with van der Waals surface area (Å²) < 4.78 is 4.20. The van der Waals surface area contributed by atoms with Gasteiger partial charge in [-0.1, -0.05) is 79.9 Å². The smallest absolute Gasteiger partial charge is 0.0959 e. The van der Waals surface area contributed by atoms with Crippen molar-refractivity contribution in [2.45, 2.75) is 13.5 Å². The predicted molar refractivity (Wildman–Crippen MR) is 124 cm³/mol. The van der Waals surface area contributed by atoms with Crippen molar-refractivity contribution in [1.82, 2.24) is 9.78 Å². The van der Waals surface area contributed by atoms with Crippen LogP contribution < -0.4 is 0 Å². The Morgan fingerprint density at radius 2 is 1.32 bits per heavy atom. The Bertz CT molecular complexity index is 1100. The van der Waals surface area contributed by atoms with Gasteiger partial charge in [-0.3, -0.25) is 4.68 Å². The van der Waals surface area contributed by atoms with Gasteiger partial charge in [0.05, 0.1) is 17.9 Å². The third-order valence-electron chi connectivity index (χ3n) is 4.67. The maximum absolute atomic E-state index is 6.05. The van der Waals surface area contributed by atoms with Crippen LogP contribution in [-0.4, -0.2) is 9.78 Å². The maximum atomic E-state index is 6.05. The molecule has 0 saturated heterocycles. The summed E-state index contributed by atoms with van der Waals surface area (Å²) in [7, 11) is 0. The molecule has 3 aromatic carbocycles. The zero-order valence-corrected chi connectivity index (χ0v) is 19.1. The van der Waals surface area contributed by atoms with Crippen LogP contribution in [0.25, 0.3) is 22.5 Å². The largest absolute Gasteiger partial charge is 0.260 e. The summed E-state index contributed by atoms with van der Waals surface area (Å²) in [5, 5.41) is 5.72. The molecule has 140 valence electrons. The highest BCUT2D eigenvalue weighted by molar-refractivity contribution is 9.10. The van der Waals surface area contributed by atoms with Crippen LogP contribution >= 0.6 is 43.5 Å². The zero-order chi connectivity index (χ0) is 19.7. The summed E-state index contributed by atoms with van der Waals surface area (Å²) in [4.78, 5) is 0. The first kappa shape index (κ1) is 19.4. The van der Waals surface area contributed by atoms with Crippen LogP contribution in [0.5, 0.6) is 0 Å². The second kappa shape index (κ2) is 8.24. The highest BCUT2D eigenvalue weighted by Crippen LogP contribution is 2.33. The molecule has 0 fully saturated rings. The highest BCUT2D eigenvalue weighted by atomic mass is 79.9.